The van der Waals surface area contributed by atoms with Gasteiger partial charge in [0, 0.05) is 6.54 Å². The Morgan fingerprint density at radius 1 is 1.53 bits per heavy atom. The number of hydrogen-bond acceptors (Lipinski definition) is 6. The Kier molecular flexibility index (Phi) is 4.33. The molecule has 0 saturated heterocycles. The van der Waals surface area contributed by atoms with Crippen molar-refractivity contribution in [3.8, 4) is 0 Å². The second-order valence-electron chi connectivity index (χ2n) is 2.82. The van der Waals surface area contributed by atoms with Crippen LogP contribution in [-0.4, -0.2) is 29.1 Å². The maximum atomic E-state index is 11.0. The van der Waals surface area contributed by atoms with E-state index in [1.165, 1.54) is 12.4 Å². The number of carbonyl (C=O) groups is 1. The number of rotatable bonds is 5. The van der Waals surface area contributed by atoms with Crippen molar-refractivity contribution in [3.63, 3.8) is 0 Å². The van der Waals surface area contributed by atoms with E-state index in [9.17, 15) is 4.79 Å². The van der Waals surface area contributed by atoms with Gasteiger partial charge in [-0.1, -0.05) is 0 Å². The SMILES string of the molecule is CCOC(=O)CCNc1ncc(N)cn1. The van der Waals surface area contributed by atoms with Crippen molar-refractivity contribution in [1.82, 2.24) is 9.97 Å². The predicted molar refractivity (Wildman–Crippen MR) is 56.2 cm³/mol. The molecule has 0 spiro atoms. The molecule has 0 aliphatic heterocycles. The van der Waals surface area contributed by atoms with Gasteiger partial charge in [0.15, 0.2) is 0 Å². The molecule has 0 aromatic carbocycles. The van der Waals surface area contributed by atoms with Gasteiger partial charge in [0.1, 0.15) is 0 Å². The zero-order chi connectivity index (χ0) is 11.1. The van der Waals surface area contributed by atoms with Gasteiger partial charge < -0.3 is 15.8 Å². The first kappa shape index (κ1) is 11.2. The van der Waals surface area contributed by atoms with Crippen molar-refractivity contribution in [2.75, 3.05) is 24.2 Å². The van der Waals surface area contributed by atoms with Crippen LogP contribution in [0.25, 0.3) is 0 Å². The minimum Gasteiger partial charge on any atom is -0.466 e. The third kappa shape index (κ3) is 4.26. The van der Waals surface area contributed by atoms with Crippen LogP contribution in [0.15, 0.2) is 12.4 Å². The molecule has 1 rings (SSSR count). The average molecular weight is 210 g/mol. The summed E-state index contributed by atoms with van der Waals surface area (Å²) >= 11 is 0. The average Bonchev–Trinajstić information content (AvgIpc) is 2.21. The molecule has 0 amide bonds. The second-order valence-corrected chi connectivity index (χ2v) is 2.82. The van der Waals surface area contributed by atoms with Crippen molar-refractivity contribution in [3.05, 3.63) is 12.4 Å². The standard InChI is InChI=1S/C9H14N4O2/c1-2-15-8(14)3-4-11-9-12-5-7(10)6-13-9/h5-6H,2-4,10H2,1H3,(H,11,12,13). The fourth-order valence-corrected chi connectivity index (χ4v) is 0.939. The Labute approximate surface area is 87.9 Å². The van der Waals surface area contributed by atoms with E-state index in [4.69, 9.17) is 10.5 Å². The number of nitrogens with one attached hydrogen (secondary N) is 1. The first-order valence-electron chi connectivity index (χ1n) is 4.69. The largest absolute Gasteiger partial charge is 0.466 e. The highest BCUT2D eigenvalue weighted by molar-refractivity contribution is 5.69. The van der Waals surface area contributed by atoms with Crippen LogP contribution >= 0.6 is 0 Å². The zero-order valence-electron chi connectivity index (χ0n) is 8.56. The Balaban J connectivity index is 2.26. The van der Waals surface area contributed by atoms with E-state index in [0.29, 0.717) is 31.2 Å². The smallest absolute Gasteiger partial charge is 0.307 e. The van der Waals surface area contributed by atoms with Gasteiger partial charge in [0.25, 0.3) is 0 Å². The lowest BCUT2D eigenvalue weighted by molar-refractivity contribution is -0.142. The number of hydrogen-bond donors (Lipinski definition) is 2. The summed E-state index contributed by atoms with van der Waals surface area (Å²) in [7, 11) is 0. The highest BCUT2D eigenvalue weighted by Crippen LogP contribution is 2.00. The lowest BCUT2D eigenvalue weighted by Gasteiger charge is -2.04. The summed E-state index contributed by atoms with van der Waals surface area (Å²) in [6.45, 7) is 2.62. The maximum absolute atomic E-state index is 11.0. The Hall–Kier alpha value is -1.85. The van der Waals surface area contributed by atoms with Crippen molar-refractivity contribution < 1.29 is 9.53 Å². The van der Waals surface area contributed by atoms with E-state index in [-0.39, 0.29) is 5.97 Å². The van der Waals surface area contributed by atoms with E-state index in [1.807, 2.05) is 0 Å². The minimum absolute atomic E-state index is 0.236. The molecule has 0 fully saturated rings. The van der Waals surface area contributed by atoms with Crippen molar-refractivity contribution >= 4 is 17.6 Å². The van der Waals surface area contributed by atoms with Crippen LogP contribution in [0.1, 0.15) is 13.3 Å². The summed E-state index contributed by atoms with van der Waals surface area (Å²) in [5.74, 6) is 0.217. The summed E-state index contributed by atoms with van der Waals surface area (Å²) in [6, 6.07) is 0. The highest BCUT2D eigenvalue weighted by Gasteiger charge is 2.01. The van der Waals surface area contributed by atoms with Gasteiger partial charge in [0.05, 0.1) is 31.1 Å². The van der Waals surface area contributed by atoms with E-state index >= 15 is 0 Å². The van der Waals surface area contributed by atoms with Crippen molar-refractivity contribution in [1.29, 1.82) is 0 Å². The van der Waals surface area contributed by atoms with Gasteiger partial charge in [-0.15, -0.1) is 0 Å². The number of nitrogen functional groups attached to an aromatic ring is 1. The monoisotopic (exact) mass is 210 g/mol. The fourth-order valence-electron chi connectivity index (χ4n) is 0.939. The molecule has 1 aromatic heterocycles. The van der Waals surface area contributed by atoms with E-state index in [2.05, 4.69) is 15.3 Å². The van der Waals surface area contributed by atoms with Crippen LogP contribution in [0.2, 0.25) is 0 Å². The van der Waals surface area contributed by atoms with E-state index < -0.39 is 0 Å². The molecule has 0 radical (unpaired) electrons. The highest BCUT2D eigenvalue weighted by atomic mass is 16.5. The molecule has 0 aliphatic rings. The fraction of sp³-hybridized carbons (Fsp3) is 0.444. The molecular formula is C9H14N4O2. The molecule has 3 N–H and O–H groups in total. The molecule has 1 aromatic rings. The van der Waals surface area contributed by atoms with Gasteiger partial charge in [0.2, 0.25) is 5.95 Å². The molecule has 0 atom stereocenters. The van der Waals surface area contributed by atoms with Crippen LogP contribution < -0.4 is 11.1 Å². The first-order chi connectivity index (χ1) is 7.22. The zero-order valence-corrected chi connectivity index (χ0v) is 8.56. The van der Waals surface area contributed by atoms with Crippen molar-refractivity contribution in [2.24, 2.45) is 0 Å². The van der Waals surface area contributed by atoms with Crippen LogP contribution in [0, 0.1) is 0 Å². The number of carbonyl (C=O) groups excluding carboxylic acids is 1. The molecule has 82 valence electrons. The summed E-state index contributed by atoms with van der Waals surface area (Å²) in [5, 5.41) is 2.88. The Morgan fingerprint density at radius 2 is 2.20 bits per heavy atom. The summed E-state index contributed by atoms with van der Waals surface area (Å²) < 4.78 is 4.76. The molecule has 0 saturated carbocycles. The van der Waals surface area contributed by atoms with E-state index in [0.717, 1.165) is 0 Å². The van der Waals surface area contributed by atoms with Gasteiger partial charge in [-0.05, 0) is 6.92 Å². The topological polar surface area (TPSA) is 90.1 Å². The molecule has 15 heavy (non-hydrogen) atoms. The lowest BCUT2D eigenvalue weighted by Crippen LogP contribution is -2.12. The van der Waals surface area contributed by atoms with Crippen LogP contribution in [-0.2, 0) is 9.53 Å². The van der Waals surface area contributed by atoms with Gasteiger partial charge in [-0.3, -0.25) is 4.79 Å². The molecule has 6 heteroatoms. The molecular weight excluding hydrogens is 196 g/mol. The second kappa shape index (κ2) is 5.79. The maximum Gasteiger partial charge on any atom is 0.307 e. The quantitative estimate of drug-likeness (QED) is 0.685. The summed E-state index contributed by atoms with van der Waals surface area (Å²) in [5.41, 5.74) is 5.92. The van der Waals surface area contributed by atoms with Crippen LogP contribution in [0.3, 0.4) is 0 Å². The van der Waals surface area contributed by atoms with Gasteiger partial charge in [-0.25, -0.2) is 9.97 Å². The lowest BCUT2D eigenvalue weighted by atomic mass is 10.4. The predicted octanol–water partition coefficient (Wildman–Crippen LogP) is 0.424. The molecule has 0 bridgehead atoms. The first-order valence-corrected chi connectivity index (χ1v) is 4.69. The van der Waals surface area contributed by atoms with Gasteiger partial charge >= 0.3 is 5.97 Å². The number of anilines is 2. The number of nitrogens with two attached hydrogens (primary N) is 1. The van der Waals surface area contributed by atoms with E-state index in [1.54, 1.807) is 6.92 Å². The van der Waals surface area contributed by atoms with Crippen LogP contribution in [0.4, 0.5) is 11.6 Å². The Morgan fingerprint density at radius 3 is 2.80 bits per heavy atom. The van der Waals surface area contributed by atoms with Crippen molar-refractivity contribution in [2.45, 2.75) is 13.3 Å². The third-order valence-electron chi connectivity index (χ3n) is 1.59. The normalized spacial score (nSPS) is 9.67. The number of esters is 1. The molecule has 1 heterocycles. The number of ether oxygens (including phenoxy) is 1. The number of nitrogens with zero attached hydrogens (tertiary/aromatic N) is 2. The van der Waals surface area contributed by atoms with Crippen LogP contribution in [0.5, 0.6) is 0 Å². The molecule has 6 nitrogen and oxygen atoms in total. The number of aromatic nitrogens is 2. The summed E-state index contributed by atoms with van der Waals surface area (Å²) in [4.78, 5) is 18.8. The minimum atomic E-state index is -0.236. The molecule has 0 aliphatic carbocycles. The van der Waals surface area contributed by atoms with Gasteiger partial charge in [-0.2, -0.15) is 0 Å². The Bertz CT molecular complexity index is 312. The molecule has 0 unspecified atom stereocenters. The third-order valence-corrected chi connectivity index (χ3v) is 1.59. The summed E-state index contributed by atoms with van der Waals surface area (Å²) in [6.07, 6.45) is 3.29.